The number of hydrogen-bond donors (Lipinski definition) is 1. The molecule has 0 aromatic heterocycles. The van der Waals surface area contributed by atoms with Gasteiger partial charge < -0.3 is 10.2 Å². The number of nitrogens with zero attached hydrogens (tertiary/aromatic N) is 2. The summed E-state index contributed by atoms with van der Waals surface area (Å²) in [6, 6.07) is 0. The van der Waals surface area contributed by atoms with E-state index in [1.54, 1.807) is 0 Å². The van der Waals surface area contributed by atoms with Gasteiger partial charge in [0.05, 0.1) is 0 Å². The van der Waals surface area contributed by atoms with Gasteiger partial charge in [0, 0.05) is 48.0 Å². The maximum atomic E-state index is 12.0. The van der Waals surface area contributed by atoms with Crippen molar-refractivity contribution in [2.45, 2.75) is 52.2 Å². The molecule has 0 amide bonds. The molecule has 1 heterocycles. The van der Waals surface area contributed by atoms with Crippen LogP contribution < -0.4 is 5.32 Å². The molecule has 4 nitrogen and oxygen atoms in total. The molecule has 0 bridgehead atoms. The second-order valence-electron chi connectivity index (χ2n) is 7.37. The average molecular weight is 443 g/mol. The lowest BCUT2D eigenvalue weighted by molar-refractivity contribution is 0.404. The van der Waals surface area contributed by atoms with Crippen molar-refractivity contribution in [1.82, 2.24) is 10.2 Å². The van der Waals surface area contributed by atoms with Crippen LogP contribution in [0.3, 0.4) is 0 Å². The monoisotopic (exact) mass is 443 g/mol. The van der Waals surface area contributed by atoms with E-state index in [-0.39, 0.29) is 28.7 Å². The molecule has 0 aromatic carbocycles. The average Bonchev–Trinajstić information content (AvgIpc) is 2.80. The zero-order valence-electron chi connectivity index (χ0n) is 15.0. The van der Waals surface area contributed by atoms with Gasteiger partial charge in [0.2, 0.25) is 0 Å². The fraction of sp³-hybridized carbons (Fsp3) is 0.938. The molecule has 22 heavy (non-hydrogen) atoms. The Hall–Kier alpha value is 0.150. The minimum absolute atomic E-state index is 0. The minimum atomic E-state index is -0.808. The first-order valence-electron chi connectivity index (χ1n) is 8.08. The largest absolute Gasteiger partial charge is 0.355 e. The highest BCUT2D eigenvalue weighted by Gasteiger charge is 2.25. The van der Waals surface area contributed by atoms with Gasteiger partial charge in [-0.05, 0) is 45.4 Å². The Morgan fingerprint density at radius 1 is 1.41 bits per heavy atom. The maximum Gasteiger partial charge on any atom is 0.193 e. The molecule has 1 N–H and O–H groups in total. The fourth-order valence-electron chi connectivity index (χ4n) is 2.78. The molecular weight excluding hydrogens is 409 g/mol. The molecule has 0 radical (unpaired) electrons. The van der Waals surface area contributed by atoms with Crippen molar-refractivity contribution in [3.05, 3.63) is 0 Å². The van der Waals surface area contributed by atoms with Crippen LogP contribution in [-0.2, 0) is 10.8 Å². The lowest BCUT2D eigenvalue weighted by atomic mass is 9.97. The smallest absolute Gasteiger partial charge is 0.193 e. The summed E-state index contributed by atoms with van der Waals surface area (Å²) < 4.78 is 11.9. The zero-order chi connectivity index (χ0) is 16.0. The van der Waals surface area contributed by atoms with E-state index in [1.165, 1.54) is 12.8 Å². The van der Waals surface area contributed by atoms with E-state index >= 15 is 0 Å². The molecule has 0 saturated carbocycles. The van der Waals surface area contributed by atoms with E-state index in [1.807, 2.05) is 27.8 Å². The van der Waals surface area contributed by atoms with E-state index in [2.05, 4.69) is 29.1 Å². The predicted octanol–water partition coefficient (Wildman–Crippen LogP) is 3.10. The number of nitrogens with one attached hydrogen (secondary N) is 1. The molecule has 0 spiro atoms. The summed E-state index contributed by atoms with van der Waals surface area (Å²) in [5.41, 5.74) is 0. The Kier molecular flexibility index (Phi) is 10.2. The van der Waals surface area contributed by atoms with Crippen molar-refractivity contribution in [2.75, 3.05) is 32.4 Å². The molecule has 1 fully saturated rings. The molecule has 0 aliphatic carbocycles. The molecule has 1 aliphatic heterocycles. The van der Waals surface area contributed by atoms with Gasteiger partial charge in [-0.1, -0.05) is 13.8 Å². The molecular formula is C16H34IN3OS. The first kappa shape index (κ1) is 22.1. The summed E-state index contributed by atoms with van der Waals surface area (Å²) in [4.78, 5) is 6.72. The van der Waals surface area contributed by atoms with Crippen molar-refractivity contribution in [3.63, 3.8) is 0 Å². The lowest BCUT2D eigenvalue weighted by Crippen LogP contribution is -2.42. The van der Waals surface area contributed by atoms with Gasteiger partial charge in [0.1, 0.15) is 0 Å². The van der Waals surface area contributed by atoms with Crippen molar-refractivity contribution >= 4 is 40.7 Å². The summed E-state index contributed by atoms with van der Waals surface area (Å²) >= 11 is 0. The van der Waals surface area contributed by atoms with Crippen LogP contribution in [0.1, 0.15) is 47.5 Å². The summed E-state index contributed by atoms with van der Waals surface area (Å²) in [5.74, 6) is 3.18. The standard InChI is InChI=1S/C16H33N3OS.HI/c1-13(2)11-14-7-9-19(12-14)15(17-6)18-8-10-21(20)16(3,4)5;/h13-14H,7-12H2,1-6H3,(H,17,18);1H. The molecule has 132 valence electrons. The molecule has 1 rings (SSSR count). The molecule has 1 aliphatic rings. The van der Waals surface area contributed by atoms with Crippen molar-refractivity contribution < 1.29 is 4.21 Å². The van der Waals surface area contributed by atoms with Crippen LogP contribution in [0.5, 0.6) is 0 Å². The first-order valence-corrected chi connectivity index (χ1v) is 9.40. The first-order chi connectivity index (χ1) is 9.74. The van der Waals surface area contributed by atoms with Gasteiger partial charge in [-0.15, -0.1) is 24.0 Å². The Labute approximate surface area is 156 Å². The normalized spacial score (nSPS) is 21.0. The van der Waals surface area contributed by atoms with E-state index in [4.69, 9.17) is 0 Å². The van der Waals surface area contributed by atoms with Gasteiger partial charge in [-0.2, -0.15) is 0 Å². The maximum absolute atomic E-state index is 12.0. The van der Waals surface area contributed by atoms with Crippen LogP contribution in [0.15, 0.2) is 4.99 Å². The van der Waals surface area contributed by atoms with Crippen LogP contribution in [0, 0.1) is 11.8 Å². The number of hydrogen-bond acceptors (Lipinski definition) is 2. The van der Waals surface area contributed by atoms with Crippen LogP contribution in [0.4, 0.5) is 0 Å². The van der Waals surface area contributed by atoms with E-state index in [0.717, 1.165) is 37.4 Å². The highest BCUT2D eigenvalue weighted by Crippen LogP contribution is 2.23. The Morgan fingerprint density at radius 2 is 2.05 bits per heavy atom. The fourth-order valence-corrected chi connectivity index (χ4v) is 3.68. The summed E-state index contributed by atoms with van der Waals surface area (Å²) in [6.45, 7) is 13.6. The Morgan fingerprint density at radius 3 is 2.55 bits per heavy atom. The highest BCUT2D eigenvalue weighted by atomic mass is 127. The van der Waals surface area contributed by atoms with Crippen molar-refractivity contribution in [3.8, 4) is 0 Å². The van der Waals surface area contributed by atoms with Gasteiger partial charge in [0.25, 0.3) is 0 Å². The number of halogens is 1. The summed E-state index contributed by atoms with van der Waals surface area (Å²) in [5, 5.41) is 3.37. The molecule has 2 unspecified atom stereocenters. The Balaban J connectivity index is 0.00000441. The number of rotatable bonds is 5. The summed E-state index contributed by atoms with van der Waals surface area (Å²) in [7, 11) is 1.02. The van der Waals surface area contributed by atoms with Crippen LogP contribution in [-0.4, -0.2) is 52.3 Å². The topological polar surface area (TPSA) is 44.7 Å². The zero-order valence-corrected chi connectivity index (χ0v) is 18.2. The molecule has 0 aromatic rings. The number of guanidine groups is 1. The van der Waals surface area contributed by atoms with Gasteiger partial charge in [0.15, 0.2) is 5.96 Å². The van der Waals surface area contributed by atoms with E-state index in [0.29, 0.717) is 5.75 Å². The summed E-state index contributed by atoms with van der Waals surface area (Å²) in [6.07, 6.45) is 2.55. The van der Waals surface area contributed by atoms with Crippen molar-refractivity contribution in [2.24, 2.45) is 16.8 Å². The van der Waals surface area contributed by atoms with E-state index < -0.39 is 10.8 Å². The SMILES string of the molecule is CN=C(NCCS(=O)C(C)(C)C)N1CCC(CC(C)C)C1.I. The second-order valence-corrected chi connectivity index (χ2v) is 9.69. The van der Waals surface area contributed by atoms with Crippen LogP contribution >= 0.6 is 24.0 Å². The quantitative estimate of drug-likeness (QED) is 0.404. The highest BCUT2D eigenvalue weighted by molar-refractivity contribution is 14.0. The minimum Gasteiger partial charge on any atom is -0.355 e. The van der Waals surface area contributed by atoms with Crippen molar-refractivity contribution in [1.29, 1.82) is 0 Å². The van der Waals surface area contributed by atoms with Crippen LogP contribution in [0.2, 0.25) is 0 Å². The third kappa shape index (κ3) is 7.62. The third-order valence-electron chi connectivity index (χ3n) is 3.86. The van der Waals surface area contributed by atoms with Gasteiger partial charge >= 0.3 is 0 Å². The number of likely N-dealkylation sites (tertiary alicyclic amines) is 1. The second kappa shape index (κ2) is 10.1. The Bertz CT molecular complexity index is 380. The van der Waals surface area contributed by atoms with Gasteiger partial charge in [-0.25, -0.2) is 0 Å². The molecule has 1 saturated heterocycles. The molecule has 6 heteroatoms. The van der Waals surface area contributed by atoms with E-state index in [9.17, 15) is 4.21 Å². The number of aliphatic imine (C=N–C) groups is 1. The molecule has 2 atom stereocenters. The third-order valence-corrected chi connectivity index (χ3v) is 5.80. The van der Waals surface area contributed by atoms with Crippen LogP contribution in [0.25, 0.3) is 0 Å². The predicted molar refractivity (Wildman–Crippen MR) is 109 cm³/mol. The van der Waals surface area contributed by atoms with Gasteiger partial charge in [-0.3, -0.25) is 9.20 Å². The lowest BCUT2D eigenvalue weighted by Gasteiger charge is -2.23.